The fourth-order valence-electron chi connectivity index (χ4n) is 2.45. The fraction of sp³-hybridized carbons (Fsp3) is 0.412. The van der Waals surface area contributed by atoms with E-state index in [-0.39, 0.29) is 6.42 Å². The molecule has 1 unspecified atom stereocenters. The average molecular weight is 286 g/mol. The molecule has 1 aromatic heterocycles. The molecule has 2 rings (SSSR count). The Morgan fingerprint density at radius 2 is 2.05 bits per heavy atom. The maximum absolute atomic E-state index is 10.6. The number of pyridine rings is 1. The van der Waals surface area contributed by atoms with Crippen LogP contribution in [0.3, 0.4) is 0 Å². The Labute approximate surface area is 125 Å². The molecule has 0 aliphatic heterocycles. The second-order valence-electron chi connectivity index (χ2n) is 5.31. The highest BCUT2D eigenvalue weighted by molar-refractivity contribution is 5.80. The number of fused-ring (bicyclic) bond motifs is 1. The van der Waals surface area contributed by atoms with Crippen LogP contribution in [0.25, 0.3) is 10.9 Å². The minimum absolute atomic E-state index is 0.257. The van der Waals surface area contributed by atoms with Crippen molar-refractivity contribution in [3.8, 4) is 0 Å². The number of hydrogen-bond acceptors (Lipinski definition) is 3. The Kier molecular flexibility index (Phi) is 5.55. The summed E-state index contributed by atoms with van der Waals surface area (Å²) in [6.07, 6.45) is 2.99. The molecular weight excluding hydrogens is 264 g/mol. The Morgan fingerprint density at radius 3 is 2.81 bits per heavy atom. The Hall–Kier alpha value is -2.10. The topological polar surface area (TPSA) is 62.2 Å². The lowest BCUT2D eigenvalue weighted by atomic mass is 9.97. The molecule has 4 nitrogen and oxygen atoms in total. The molecular formula is C17H22N2O2. The minimum atomic E-state index is -0.711. The number of anilines is 1. The number of hydrogen-bond donors (Lipinski definition) is 2. The number of carboxylic acids is 1. The molecule has 0 saturated carbocycles. The zero-order chi connectivity index (χ0) is 15.1. The molecule has 2 aromatic rings. The van der Waals surface area contributed by atoms with Gasteiger partial charge in [-0.2, -0.15) is 0 Å². The highest BCUT2D eigenvalue weighted by Crippen LogP contribution is 2.17. The van der Waals surface area contributed by atoms with Crippen LogP contribution >= 0.6 is 0 Å². The first-order valence-electron chi connectivity index (χ1n) is 7.50. The summed E-state index contributed by atoms with van der Waals surface area (Å²) >= 11 is 0. The van der Waals surface area contributed by atoms with E-state index in [1.54, 1.807) is 0 Å². The third kappa shape index (κ3) is 4.74. The number of nitrogens with one attached hydrogen (secondary N) is 1. The van der Waals surface area contributed by atoms with E-state index < -0.39 is 5.97 Å². The van der Waals surface area contributed by atoms with Crippen LogP contribution in [-0.2, 0) is 4.79 Å². The van der Waals surface area contributed by atoms with E-state index in [1.165, 1.54) is 0 Å². The molecule has 2 N–H and O–H groups in total. The second kappa shape index (κ2) is 7.62. The zero-order valence-electron chi connectivity index (χ0n) is 12.4. The number of para-hydroxylation sites is 1. The summed E-state index contributed by atoms with van der Waals surface area (Å²) in [7, 11) is 0. The third-order valence-corrected chi connectivity index (χ3v) is 3.80. The van der Waals surface area contributed by atoms with Crippen molar-refractivity contribution in [1.82, 2.24) is 4.98 Å². The molecule has 0 amide bonds. The summed E-state index contributed by atoms with van der Waals surface area (Å²) in [5, 5.41) is 13.2. The highest BCUT2D eigenvalue weighted by Gasteiger charge is 2.08. The maximum atomic E-state index is 10.6. The van der Waals surface area contributed by atoms with Gasteiger partial charge in [0.2, 0.25) is 0 Å². The van der Waals surface area contributed by atoms with E-state index in [0.717, 1.165) is 42.5 Å². The standard InChI is InChI=1S/C17H22N2O2/c1-2-13(7-10-17(20)21)11-12-18-16-9-8-14-5-3-4-6-15(14)19-16/h3-6,8-9,13H,2,7,10-12H2,1H3,(H,18,19)(H,20,21). The van der Waals surface area contributed by atoms with Crippen LogP contribution < -0.4 is 5.32 Å². The first kappa shape index (κ1) is 15.3. The molecule has 1 atom stereocenters. The van der Waals surface area contributed by atoms with Crippen LogP contribution in [0.15, 0.2) is 36.4 Å². The molecule has 4 heteroatoms. The van der Waals surface area contributed by atoms with Crippen LogP contribution in [0, 0.1) is 5.92 Å². The molecule has 1 heterocycles. The Balaban J connectivity index is 1.84. The van der Waals surface area contributed by atoms with Gasteiger partial charge in [0.25, 0.3) is 0 Å². The summed E-state index contributed by atoms with van der Waals surface area (Å²) in [6.45, 7) is 2.93. The van der Waals surface area contributed by atoms with E-state index in [0.29, 0.717) is 5.92 Å². The largest absolute Gasteiger partial charge is 0.481 e. The van der Waals surface area contributed by atoms with Gasteiger partial charge in [-0.1, -0.05) is 31.5 Å². The van der Waals surface area contributed by atoms with E-state index >= 15 is 0 Å². The first-order chi connectivity index (χ1) is 10.2. The third-order valence-electron chi connectivity index (χ3n) is 3.80. The van der Waals surface area contributed by atoms with Crippen LogP contribution in [0.1, 0.15) is 32.6 Å². The molecule has 21 heavy (non-hydrogen) atoms. The van der Waals surface area contributed by atoms with Crippen molar-refractivity contribution in [2.24, 2.45) is 5.92 Å². The number of carbonyl (C=O) groups is 1. The van der Waals surface area contributed by atoms with Gasteiger partial charge in [0.05, 0.1) is 5.52 Å². The van der Waals surface area contributed by atoms with E-state index in [9.17, 15) is 4.79 Å². The van der Waals surface area contributed by atoms with E-state index in [2.05, 4.69) is 23.3 Å². The summed E-state index contributed by atoms with van der Waals surface area (Å²) in [6, 6.07) is 12.1. The number of rotatable bonds is 8. The van der Waals surface area contributed by atoms with Gasteiger partial charge in [0, 0.05) is 18.4 Å². The van der Waals surface area contributed by atoms with Crippen LogP contribution in [0.4, 0.5) is 5.82 Å². The number of aromatic nitrogens is 1. The predicted molar refractivity (Wildman–Crippen MR) is 85.5 cm³/mol. The van der Waals surface area contributed by atoms with Crippen molar-refractivity contribution in [2.45, 2.75) is 32.6 Å². The monoisotopic (exact) mass is 286 g/mol. The van der Waals surface area contributed by atoms with E-state index in [1.807, 2.05) is 30.3 Å². The molecule has 1 aromatic carbocycles. The van der Waals surface area contributed by atoms with Gasteiger partial charge in [0.1, 0.15) is 5.82 Å². The molecule has 0 bridgehead atoms. The number of aliphatic carboxylic acids is 1. The van der Waals surface area contributed by atoms with Crippen LogP contribution in [0.5, 0.6) is 0 Å². The van der Waals surface area contributed by atoms with Gasteiger partial charge in [-0.05, 0) is 37.0 Å². The Morgan fingerprint density at radius 1 is 1.24 bits per heavy atom. The molecule has 112 valence electrons. The van der Waals surface area contributed by atoms with Gasteiger partial charge in [0.15, 0.2) is 0 Å². The van der Waals surface area contributed by atoms with Gasteiger partial charge in [-0.15, -0.1) is 0 Å². The summed E-state index contributed by atoms with van der Waals surface area (Å²) < 4.78 is 0. The quantitative estimate of drug-likeness (QED) is 0.772. The Bertz CT molecular complexity index is 598. The average Bonchev–Trinajstić information content (AvgIpc) is 2.50. The number of benzene rings is 1. The lowest BCUT2D eigenvalue weighted by molar-refractivity contribution is -0.137. The van der Waals surface area contributed by atoms with Crippen molar-refractivity contribution in [1.29, 1.82) is 0 Å². The minimum Gasteiger partial charge on any atom is -0.481 e. The summed E-state index contributed by atoms with van der Waals surface area (Å²) in [4.78, 5) is 15.2. The number of carboxylic acid groups (broad SMARTS) is 1. The highest BCUT2D eigenvalue weighted by atomic mass is 16.4. The fourth-order valence-corrected chi connectivity index (χ4v) is 2.45. The smallest absolute Gasteiger partial charge is 0.303 e. The number of nitrogens with zero attached hydrogens (tertiary/aromatic N) is 1. The molecule has 0 radical (unpaired) electrons. The first-order valence-corrected chi connectivity index (χ1v) is 7.50. The van der Waals surface area contributed by atoms with Crippen molar-refractivity contribution in [3.63, 3.8) is 0 Å². The lowest BCUT2D eigenvalue weighted by Gasteiger charge is -2.14. The zero-order valence-corrected chi connectivity index (χ0v) is 12.4. The summed E-state index contributed by atoms with van der Waals surface area (Å²) in [5.74, 6) is 0.619. The van der Waals surface area contributed by atoms with Crippen molar-refractivity contribution in [3.05, 3.63) is 36.4 Å². The van der Waals surface area contributed by atoms with Gasteiger partial charge >= 0.3 is 5.97 Å². The van der Waals surface area contributed by atoms with Gasteiger partial charge < -0.3 is 10.4 Å². The molecule has 0 fully saturated rings. The predicted octanol–water partition coefficient (Wildman–Crippen LogP) is 3.93. The SMILES string of the molecule is CCC(CCNc1ccc2ccccc2n1)CCC(=O)O. The van der Waals surface area contributed by atoms with Crippen molar-refractivity contribution in [2.75, 3.05) is 11.9 Å². The molecule has 0 saturated heterocycles. The molecule has 0 aliphatic carbocycles. The van der Waals surface area contributed by atoms with Gasteiger partial charge in [-0.25, -0.2) is 4.98 Å². The van der Waals surface area contributed by atoms with Crippen molar-refractivity contribution < 1.29 is 9.90 Å². The van der Waals surface area contributed by atoms with E-state index in [4.69, 9.17) is 5.11 Å². The lowest BCUT2D eigenvalue weighted by Crippen LogP contribution is -2.11. The summed E-state index contributed by atoms with van der Waals surface area (Å²) in [5.41, 5.74) is 0.986. The van der Waals surface area contributed by atoms with Crippen LogP contribution in [0.2, 0.25) is 0 Å². The molecule has 0 aliphatic rings. The van der Waals surface area contributed by atoms with Gasteiger partial charge in [-0.3, -0.25) is 4.79 Å². The maximum Gasteiger partial charge on any atom is 0.303 e. The van der Waals surface area contributed by atoms with Crippen LogP contribution in [-0.4, -0.2) is 22.6 Å². The normalized spacial score (nSPS) is 12.2. The molecule has 0 spiro atoms. The second-order valence-corrected chi connectivity index (χ2v) is 5.31. The van der Waals surface area contributed by atoms with Crippen molar-refractivity contribution >= 4 is 22.7 Å².